The lowest BCUT2D eigenvalue weighted by molar-refractivity contribution is 0.100. The van der Waals surface area contributed by atoms with Gasteiger partial charge in [0.2, 0.25) is 0 Å². The van der Waals surface area contributed by atoms with E-state index in [1.54, 1.807) is 0 Å². The third kappa shape index (κ3) is 2.31. The molecule has 1 atom stereocenters. The molecule has 3 heteroatoms. The number of carbonyl (C=O) groups is 1. The summed E-state index contributed by atoms with van der Waals surface area (Å²) in [7, 11) is 2.15. The Labute approximate surface area is 96.2 Å². The molecular weight excluding hydrogens is 200 g/mol. The van der Waals surface area contributed by atoms with E-state index in [9.17, 15) is 4.79 Å². The molecule has 1 aliphatic heterocycles. The number of ketones is 1. The lowest BCUT2D eigenvalue weighted by atomic mass is 9.96. The summed E-state index contributed by atoms with van der Waals surface area (Å²) in [4.78, 5) is 13.7. The fraction of sp³-hybridized carbons (Fsp3) is 0.462. The highest BCUT2D eigenvalue weighted by molar-refractivity contribution is 5.97. The van der Waals surface area contributed by atoms with Crippen LogP contribution >= 0.6 is 0 Å². The number of benzene rings is 1. The first-order valence-corrected chi connectivity index (χ1v) is 5.72. The van der Waals surface area contributed by atoms with Crippen molar-refractivity contribution in [3.8, 4) is 0 Å². The minimum Gasteiger partial charge on any atom is -0.324 e. The molecular formula is C13H18N2O. The van der Waals surface area contributed by atoms with E-state index < -0.39 is 0 Å². The molecule has 3 nitrogen and oxygen atoms in total. The maximum Gasteiger partial charge on any atom is 0.176 e. The van der Waals surface area contributed by atoms with Gasteiger partial charge in [-0.15, -0.1) is 0 Å². The van der Waals surface area contributed by atoms with Crippen molar-refractivity contribution in [2.75, 3.05) is 26.7 Å². The van der Waals surface area contributed by atoms with E-state index in [4.69, 9.17) is 5.73 Å². The molecule has 0 bridgehead atoms. The number of nitrogens with zero attached hydrogens (tertiary/aromatic N) is 1. The quantitative estimate of drug-likeness (QED) is 0.777. The van der Waals surface area contributed by atoms with Crippen LogP contribution in [0.2, 0.25) is 0 Å². The van der Waals surface area contributed by atoms with Crippen LogP contribution in [0.15, 0.2) is 24.3 Å². The summed E-state index contributed by atoms with van der Waals surface area (Å²) >= 11 is 0. The van der Waals surface area contributed by atoms with Crippen molar-refractivity contribution >= 4 is 5.78 Å². The van der Waals surface area contributed by atoms with Crippen LogP contribution in [0.5, 0.6) is 0 Å². The van der Waals surface area contributed by atoms with Crippen molar-refractivity contribution in [3.05, 3.63) is 35.4 Å². The molecule has 1 aliphatic rings. The highest BCUT2D eigenvalue weighted by atomic mass is 16.1. The molecule has 86 valence electrons. The highest BCUT2D eigenvalue weighted by Gasteiger charge is 2.20. The molecule has 0 saturated carbocycles. The van der Waals surface area contributed by atoms with E-state index in [0.717, 1.165) is 18.7 Å². The lowest BCUT2D eigenvalue weighted by Gasteiger charge is -2.11. The summed E-state index contributed by atoms with van der Waals surface area (Å²) < 4.78 is 0. The molecule has 1 unspecified atom stereocenters. The molecule has 2 N–H and O–H groups in total. The molecule has 0 spiro atoms. The van der Waals surface area contributed by atoms with Crippen LogP contribution in [0.1, 0.15) is 28.3 Å². The van der Waals surface area contributed by atoms with Crippen molar-refractivity contribution in [2.45, 2.75) is 12.3 Å². The van der Waals surface area contributed by atoms with Gasteiger partial charge in [0.05, 0.1) is 6.54 Å². The highest BCUT2D eigenvalue weighted by Crippen LogP contribution is 2.26. The molecule has 0 radical (unpaired) electrons. The van der Waals surface area contributed by atoms with E-state index in [0.29, 0.717) is 5.92 Å². The second-order valence-corrected chi connectivity index (χ2v) is 4.50. The minimum absolute atomic E-state index is 0.00934. The van der Waals surface area contributed by atoms with Gasteiger partial charge in [-0.3, -0.25) is 4.79 Å². The van der Waals surface area contributed by atoms with Crippen LogP contribution in [0.4, 0.5) is 0 Å². The fourth-order valence-corrected chi connectivity index (χ4v) is 2.27. The van der Waals surface area contributed by atoms with Gasteiger partial charge in [0.15, 0.2) is 5.78 Å². The fourth-order valence-electron chi connectivity index (χ4n) is 2.27. The normalized spacial score (nSPS) is 21.2. The molecule has 1 fully saturated rings. The molecule has 1 aromatic rings. The predicted octanol–water partition coefficient (Wildman–Crippen LogP) is 1.25. The van der Waals surface area contributed by atoms with E-state index in [2.05, 4.69) is 24.1 Å². The topological polar surface area (TPSA) is 46.3 Å². The van der Waals surface area contributed by atoms with Crippen LogP contribution in [0.25, 0.3) is 0 Å². The number of hydrogen-bond acceptors (Lipinski definition) is 3. The van der Waals surface area contributed by atoms with Crippen LogP contribution in [0.3, 0.4) is 0 Å². The molecule has 0 amide bonds. The van der Waals surface area contributed by atoms with Gasteiger partial charge < -0.3 is 10.6 Å². The van der Waals surface area contributed by atoms with Gasteiger partial charge in [-0.2, -0.15) is 0 Å². The van der Waals surface area contributed by atoms with Gasteiger partial charge in [-0.1, -0.05) is 24.3 Å². The first-order chi connectivity index (χ1) is 7.70. The van der Waals surface area contributed by atoms with Crippen molar-refractivity contribution < 1.29 is 4.79 Å². The maximum absolute atomic E-state index is 11.4. The largest absolute Gasteiger partial charge is 0.324 e. The SMILES string of the molecule is CN1CCC(c2ccc(C(=O)CN)cc2)C1. The standard InChI is InChI=1S/C13H18N2O/c1-15-7-6-12(9-15)10-2-4-11(5-3-10)13(16)8-14/h2-5,12H,6-9,14H2,1H3. The van der Waals surface area contributed by atoms with Crippen LogP contribution in [-0.2, 0) is 0 Å². The van der Waals surface area contributed by atoms with Crippen LogP contribution in [0, 0.1) is 0 Å². The Morgan fingerprint density at radius 1 is 1.44 bits per heavy atom. The molecule has 16 heavy (non-hydrogen) atoms. The summed E-state index contributed by atoms with van der Waals surface area (Å²) in [6.07, 6.45) is 1.21. The average Bonchev–Trinajstić information content (AvgIpc) is 2.75. The minimum atomic E-state index is 0.00934. The smallest absolute Gasteiger partial charge is 0.176 e. The Hall–Kier alpha value is -1.19. The first kappa shape index (κ1) is 11.3. The maximum atomic E-state index is 11.4. The second-order valence-electron chi connectivity index (χ2n) is 4.50. The molecule has 0 aliphatic carbocycles. The average molecular weight is 218 g/mol. The number of hydrogen-bond donors (Lipinski definition) is 1. The zero-order valence-electron chi connectivity index (χ0n) is 9.65. The number of likely N-dealkylation sites (N-methyl/N-ethyl adjacent to an activating group) is 1. The first-order valence-electron chi connectivity index (χ1n) is 5.72. The van der Waals surface area contributed by atoms with Gasteiger partial charge >= 0.3 is 0 Å². The van der Waals surface area contributed by atoms with Gasteiger partial charge in [-0.05, 0) is 31.5 Å². The van der Waals surface area contributed by atoms with E-state index >= 15 is 0 Å². The summed E-state index contributed by atoms with van der Waals surface area (Å²) in [6.45, 7) is 2.36. The molecule has 1 aromatic carbocycles. The number of carbonyl (C=O) groups excluding carboxylic acids is 1. The Kier molecular flexibility index (Phi) is 3.36. The second kappa shape index (κ2) is 4.76. The molecule has 2 rings (SSSR count). The van der Waals surface area contributed by atoms with Crippen molar-refractivity contribution in [2.24, 2.45) is 5.73 Å². The number of Topliss-reactive ketones (excluding diaryl/α,β-unsaturated/α-hetero) is 1. The van der Waals surface area contributed by atoms with E-state index in [-0.39, 0.29) is 12.3 Å². The van der Waals surface area contributed by atoms with Crippen LogP contribution < -0.4 is 5.73 Å². The number of rotatable bonds is 3. The van der Waals surface area contributed by atoms with Gasteiger partial charge in [-0.25, -0.2) is 0 Å². The Morgan fingerprint density at radius 3 is 2.62 bits per heavy atom. The Bertz CT molecular complexity index is 372. The van der Waals surface area contributed by atoms with Crippen molar-refractivity contribution in [1.29, 1.82) is 0 Å². The van der Waals surface area contributed by atoms with Crippen LogP contribution in [-0.4, -0.2) is 37.4 Å². The van der Waals surface area contributed by atoms with Crippen molar-refractivity contribution in [1.82, 2.24) is 4.90 Å². The summed E-state index contributed by atoms with van der Waals surface area (Å²) in [5.74, 6) is 0.627. The monoisotopic (exact) mass is 218 g/mol. The predicted molar refractivity (Wildman–Crippen MR) is 64.7 cm³/mol. The van der Waals surface area contributed by atoms with E-state index in [1.165, 1.54) is 12.0 Å². The zero-order chi connectivity index (χ0) is 11.5. The molecule has 1 saturated heterocycles. The number of likely N-dealkylation sites (tertiary alicyclic amines) is 1. The number of nitrogens with two attached hydrogens (primary N) is 1. The summed E-state index contributed by atoms with van der Waals surface area (Å²) in [5.41, 5.74) is 7.38. The molecule has 0 aromatic heterocycles. The zero-order valence-corrected chi connectivity index (χ0v) is 9.65. The van der Waals surface area contributed by atoms with Gasteiger partial charge in [0.25, 0.3) is 0 Å². The third-order valence-electron chi connectivity index (χ3n) is 3.28. The third-order valence-corrected chi connectivity index (χ3v) is 3.28. The Balaban J connectivity index is 2.10. The molecule has 1 heterocycles. The van der Waals surface area contributed by atoms with Gasteiger partial charge in [0.1, 0.15) is 0 Å². The van der Waals surface area contributed by atoms with Gasteiger partial charge in [0, 0.05) is 12.1 Å². The van der Waals surface area contributed by atoms with Crippen molar-refractivity contribution in [3.63, 3.8) is 0 Å². The van der Waals surface area contributed by atoms with E-state index in [1.807, 2.05) is 12.1 Å². The summed E-state index contributed by atoms with van der Waals surface area (Å²) in [6, 6.07) is 7.91. The Morgan fingerprint density at radius 2 is 2.12 bits per heavy atom. The summed E-state index contributed by atoms with van der Waals surface area (Å²) in [5, 5.41) is 0. The lowest BCUT2D eigenvalue weighted by Crippen LogP contribution is -2.14.